The van der Waals surface area contributed by atoms with Crippen molar-refractivity contribution in [2.24, 2.45) is 17.8 Å². The van der Waals surface area contributed by atoms with E-state index in [9.17, 15) is 4.79 Å². The van der Waals surface area contributed by atoms with Gasteiger partial charge in [-0.2, -0.15) is 0 Å². The Morgan fingerprint density at radius 2 is 1.81 bits per heavy atom. The largest absolute Gasteiger partial charge is 0.342 e. The van der Waals surface area contributed by atoms with Crippen molar-refractivity contribution in [1.82, 2.24) is 4.90 Å². The van der Waals surface area contributed by atoms with Crippen LogP contribution in [-0.4, -0.2) is 23.9 Å². The highest BCUT2D eigenvalue weighted by Crippen LogP contribution is 2.33. The van der Waals surface area contributed by atoms with Crippen LogP contribution in [0.15, 0.2) is 0 Å². The normalized spacial score (nSPS) is 23.2. The first-order valence-electron chi connectivity index (χ1n) is 6.83. The Bertz CT molecular complexity index is 195. The summed E-state index contributed by atoms with van der Waals surface area (Å²) in [6.45, 7) is 14.2. The maximum absolute atomic E-state index is 11.8. The summed E-state index contributed by atoms with van der Waals surface area (Å²) < 4.78 is 0. The molecule has 0 saturated heterocycles. The van der Waals surface area contributed by atoms with Crippen molar-refractivity contribution in [1.29, 1.82) is 0 Å². The highest BCUT2D eigenvalue weighted by Gasteiger charge is 2.28. The Hall–Kier alpha value is -0.530. The molecule has 0 aromatic carbocycles. The molecular formula is C14H29NO. The maximum Gasteiger partial charge on any atom is 0.225 e. The van der Waals surface area contributed by atoms with E-state index in [1.54, 1.807) is 0 Å². The fourth-order valence-electron chi connectivity index (χ4n) is 2.27. The molecule has 0 atom stereocenters. The van der Waals surface area contributed by atoms with Crippen molar-refractivity contribution in [2.45, 2.75) is 54.4 Å². The number of nitrogens with zero attached hydrogens (tertiary/aromatic N) is 1. The molecule has 1 saturated carbocycles. The molecule has 0 aromatic heterocycles. The first-order valence-corrected chi connectivity index (χ1v) is 6.83. The zero-order valence-corrected chi connectivity index (χ0v) is 11.9. The first kappa shape index (κ1) is 15.5. The Balaban J connectivity index is 0.00000106. The van der Waals surface area contributed by atoms with Crippen LogP contribution in [0.1, 0.15) is 54.4 Å². The monoisotopic (exact) mass is 227 g/mol. The fraction of sp³-hybridized carbons (Fsp3) is 0.929. The number of amides is 1. The van der Waals surface area contributed by atoms with Crippen molar-refractivity contribution < 1.29 is 4.79 Å². The van der Waals surface area contributed by atoms with Crippen molar-refractivity contribution in [3.05, 3.63) is 0 Å². The standard InChI is InChI=1S/C12H23NO.C2H6/c1-5-13(12(14)9(2)3)8-11-6-10(4)7-11;1-2/h9-11H,5-8H2,1-4H3;1-2H3. The molecule has 1 aliphatic carbocycles. The van der Waals surface area contributed by atoms with E-state index in [1.165, 1.54) is 12.8 Å². The van der Waals surface area contributed by atoms with Crippen molar-refractivity contribution in [2.75, 3.05) is 13.1 Å². The van der Waals surface area contributed by atoms with E-state index in [1.807, 2.05) is 32.6 Å². The molecule has 96 valence electrons. The second-order valence-corrected chi connectivity index (χ2v) is 4.97. The van der Waals surface area contributed by atoms with Crippen LogP contribution in [-0.2, 0) is 4.79 Å². The summed E-state index contributed by atoms with van der Waals surface area (Å²) in [5.41, 5.74) is 0. The topological polar surface area (TPSA) is 20.3 Å². The Kier molecular flexibility index (Phi) is 7.44. The van der Waals surface area contributed by atoms with E-state index < -0.39 is 0 Å². The molecule has 0 heterocycles. The molecule has 0 unspecified atom stereocenters. The molecule has 1 amide bonds. The average Bonchev–Trinajstić information content (AvgIpc) is 2.24. The lowest BCUT2D eigenvalue weighted by Crippen LogP contribution is -2.41. The summed E-state index contributed by atoms with van der Waals surface area (Å²) in [4.78, 5) is 13.8. The molecule has 2 heteroatoms. The van der Waals surface area contributed by atoms with Gasteiger partial charge in [0.2, 0.25) is 5.91 Å². The van der Waals surface area contributed by atoms with Crippen LogP contribution in [0.25, 0.3) is 0 Å². The zero-order valence-electron chi connectivity index (χ0n) is 11.9. The van der Waals surface area contributed by atoms with Crippen LogP contribution in [0.2, 0.25) is 0 Å². The summed E-state index contributed by atoms with van der Waals surface area (Å²) in [7, 11) is 0. The van der Waals surface area contributed by atoms with E-state index in [-0.39, 0.29) is 5.92 Å². The highest BCUT2D eigenvalue weighted by atomic mass is 16.2. The second kappa shape index (κ2) is 7.70. The molecule has 2 nitrogen and oxygen atoms in total. The lowest BCUT2D eigenvalue weighted by Gasteiger charge is -2.37. The van der Waals surface area contributed by atoms with Crippen molar-refractivity contribution in [3.8, 4) is 0 Å². The van der Waals surface area contributed by atoms with Crippen molar-refractivity contribution in [3.63, 3.8) is 0 Å². The van der Waals surface area contributed by atoms with E-state index in [0.29, 0.717) is 5.91 Å². The van der Waals surface area contributed by atoms with Gasteiger partial charge in [0.05, 0.1) is 0 Å². The summed E-state index contributed by atoms with van der Waals surface area (Å²) in [5.74, 6) is 2.11. The minimum absolute atomic E-state index is 0.146. The van der Waals surface area contributed by atoms with Crippen LogP contribution >= 0.6 is 0 Å². The van der Waals surface area contributed by atoms with Crippen LogP contribution < -0.4 is 0 Å². The average molecular weight is 227 g/mol. The fourth-order valence-corrected chi connectivity index (χ4v) is 2.27. The molecule has 0 aromatic rings. The van der Waals surface area contributed by atoms with Gasteiger partial charge in [-0.3, -0.25) is 4.79 Å². The summed E-state index contributed by atoms with van der Waals surface area (Å²) in [6.07, 6.45) is 2.61. The zero-order chi connectivity index (χ0) is 12.7. The van der Waals surface area contributed by atoms with Crippen LogP contribution in [0.3, 0.4) is 0 Å². The molecule has 0 N–H and O–H groups in total. The maximum atomic E-state index is 11.8. The van der Waals surface area contributed by atoms with Crippen LogP contribution in [0, 0.1) is 17.8 Å². The molecule has 16 heavy (non-hydrogen) atoms. The third-order valence-electron chi connectivity index (χ3n) is 3.14. The SMILES string of the molecule is CC.CCN(CC1CC(C)C1)C(=O)C(C)C. The van der Waals surface area contributed by atoms with E-state index in [0.717, 1.165) is 24.9 Å². The van der Waals surface area contributed by atoms with Gasteiger partial charge in [0.25, 0.3) is 0 Å². The summed E-state index contributed by atoms with van der Waals surface area (Å²) >= 11 is 0. The van der Waals surface area contributed by atoms with Gasteiger partial charge in [-0.15, -0.1) is 0 Å². The molecule has 1 rings (SSSR count). The third-order valence-corrected chi connectivity index (χ3v) is 3.14. The van der Waals surface area contributed by atoms with Gasteiger partial charge in [0.15, 0.2) is 0 Å². The Morgan fingerprint density at radius 1 is 1.31 bits per heavy atom. The summed E-state index contributed by atoms with van der Waals surface area (Å²) in [5, 5.41) is 0. The lowest BCUT2D eigenvalue weighted by molar-refractivity contribution is -0.135. The van der Waals surface area contributed by atoms with E-state index in [4.69, 9.17) is 0 Å². The Labute approximate surface area is 101 Å². The van der Waals surface area contributed by atoms with E-state index in [2.05, 4.69) is 13.8 Å². The number of carbonyl (C=O) groups excluding carboxylic acids is 1. The highest BCUT2D eigenvalue weighted by molar-refractivity contribution is 5.78. The predicted molar refractivity (Wildman–Crippen MR) is 70.3 cm³/mol. The predicted octanol–water partition coefficient (Wildman–Crippen LogP) is 3.56. The number of hydrogen-bond acceptors (Lipinski definition) is 1. The van der Waals surface area contributed by atoms with Gasteiger partial charge >= 0.3 is 0 Å². The molecule has 0 aliphatic heterocycles. The summed E-state index contributed by atoms with van der Waals surface area (Å²) in [6, 6.07) is 0. The van der Waals surface area contributed by atoms with Gasteiger partial charge < -0.3 is 4.90 Å². The smallest absolute Gasteiger partial charge is 0.225 e. The van der Waals surface area contributed by atoms with Gasteiger partial charge in [0.1, 0.15) is 0 Å². The van der Waals surface area contributed by atoms with Gasteiger partial charge in [-0.05, 0) is 31.6 Å². The number of rotatable bonds is 4. The molecule has 0 spiro atoms. The molecule has 1 aliphatic rings. The van der Waals surface area contributed by atoms with Gasteiger partial charge in [-0.1, -0.05) is 34.6 Å². The van der Waals surface area contributed by atoms with Gasteiger partial charge in [-0.25, -0.2) is 0 Å². The lowest BCUT2D eigenvalue weighted by atomic mass is 9.76. The quantitative estimate of drug-likeness (QED) is 0.719. The third kappa shape index (κ3) is 4.54. The second-order valence-electron chi connectivity index (χ2n) is 4.97. The van der Waals surface area contributed by atoms with Crippen molar-refractivity contribution >= 4 is 5.91 Å². The van der Waals surface area contributed by atoms with Crippen LogP contribution in [0.5, 0.6) is 0 Å². The molecular weight excluding hydrogens is 198 g/mol. The first-order chi connectivity index (χ1) is 7.54. The number of carbonyl (C=O) groups is 1. The minimum atomic E-state index is 0.146. The van der Waals surface area contributed by atoms with Gasteiger partial charge in [0, 0.05) is 19.0 Å². The molecule has 0 bridgehead atoms. The molecule has 0 radical (unpaired) electrons. The molecule has 1 fully saturated rings. The van der Waals surface area contributed by atoms with E-state index >= 15 is 0 Å². The minimum Gasteiger partial charge on any atom is -0.342 e. The number of hydrogen-bond donors (Lipinski definition) is 0. The van der Waals surface area contributed by atoms with Crippen LogP contribution in [0.4, 0.5) is 0 Å². The Morgan fingerprint density at radius 3 is 2.12 bits per heavy atom.